The third-order valence-electron chi connectivity index (χ3n) is 2.57. The van der Waals surface area contributed by atoms with Crippen molar-refractivity contribution >= 4 is 5.71 Å². The topological polar surface area (TPSA) is 50.4 Å². The third kappa shape index (κ3) is 1.32. The van der Waals surface area contributed by atoms with E-state index in [0.717, 1.165) is 37.0 Å². The van der Waals surface area contributed by atoms with Crippen molar-refractivity contribution in [1.29, 1.82) is 0 Å². The van der Waals surface area contributed by atoms with Gasteiger partial charge in [-0.1, -0.05) is 5.16 Å². The molecule has 1 aromatic rings. The van der Waals surface area contributed by atoms with Crippen molar-refractivity contribution in [3.8, 4) is 0 Å². The molecule has 0 spiro atoms. The molecule has 1 aliphatic carbocycles. The van der Waals surface area contributed by atoms with E-state index in [1.165, 1.54) is 5.69 Å². The van der Waals surface area contributed by atoms with Gasteiger partial charge in [0.25, 0.3) is 0 Å². The molecule has 0 amide bonds. The van der Waals surface area contributed by atoms with E-state index in [9.17, 15) is 0 Å². The summed E-state index contributed by atoms with van der Waals surface area (Å²) in [6, 6.07) is 0. The van der Waals surface area contributed by atoms with Gasteiger partial charge in [0, 0.05) is 18.3 Å². The monoisotopic (exact) mass is 179 g/mol. The lowest BCUT2D eigenvalue weighted by molar-refractivity contribution is 0.318. The van der Waals surface area contributed by atoms with Gasteiger partial charge in [0.1, 0.15) is 0 Å². The highest BCUT2D eigenvalue weighted by Crippen LogP contribution is 2.19. The molecule has 1 N–H and O–H groups in total. The van der Waals surface area contributed by atoms with E-state index in [1.807, 2.05) is 11.7 Å². The molecule has 4 nitrogen and oxygen atoms in total. The molecule has 13 heavy (non-hydrogen) atoms. The molecule has 0 radical (unpaired) electrons. The number of aromatic nitrogens is 2. The van der Waals surface area contributed by atoms with Gasteiger partial charge in [-0.25, -0.2) is 0 Å². The van der Waals surface area contributed by atoms with Crippen LogP contribution in [0.2, 0.25) is 0 Å². The van der Waals surface area contributed by atoms with Gasteiger partial charge in [-0.2, -0.15) is 5.10 Å². The molecule has 0 saturated carbocycles. The number of hydrogen-bond acceptors (Lipinski definition) is 3. The minimum Gasteiger partial charge on any atom is -0.411 e. The minimum absolute atomic E-state index is 0.778. The highest BCUT2D eigenvalue weighted by Gasteiger charge is 2.17. The fraction of sp³-hybridized carbons (Fsp3) is 0.556. The Hall–Kier alpha value is -1.32. The van der Waals surface area contributed by atoms with Gasteiger partial charge in [-0.15, -0.1) is 0 Å². The van der Waals surface area contributed by atoms with E-state index in [0.29, 0.717) is 0 Å². The van der Waals surface area contributed by atoms with E-state index in [-0.39, 0.29) is 0 Å². The summed E-state index contributed by atoms with van der Waals surface area (Å²) in [5, 5.41) is 16.3. The summed E-state index contributed by atoms with van der Waals surface area (Å²) in [6.07, 6.45) is 5.91. The van der Waals surface area contributed by atoms with Crippen LogP contribution in [0, 0.1) is 0 Å². The summed E-state index contributed by atoms with van der Waals surface area (Å²) in [4.78, 5) is 0. The molecule has 0 aliphatic heterocycles. The molecule has 70 valence electrons. The van der Waals surface area contributed by atoms with Gasteiger partial charge in [0.2, 0.25) is 0 Å². The summed E-state index contributed by atoms with van der Waals surface area (Å²) < 4.78 is 1.87. The molecule has 1 aliphatic rings. The second-order valence-electron chi connectivity index (χ2n) is 3.38. The lowest BCUT2D eigenvalue weighted by atomic mass is 10.1. The van der Waals surface area contributed by atoms with Gasteiger partial charge >= 0.3 is 0 Å². The van der Waals surface area contributed by atoms with Gasteiger partial charge in [0.15, 0.2) is 0 Å². The Bertz CT molecular complexity index is 341. The second kappa shape index (κ2) is 3.20. The number of fused-ring (bicyclic) bond motifs is 1. The maximum atomic E-state index is 8.82. The van der Waals surface area contributed by atoms with Crippen molar-refractivity contribution in [3.63, 3.8) is 0 Å². The van der Waals surface area contributed by atoms with Gasteiger partial charge < -0.3 is 5.21 Å². The third-order valence-corrected chi connectivity index (χ3v) is 2.57. The van der Waals surface area contributed by atoms with Crippen molar-refractivity contribution in [2.45, 2.75) is 25.7 Å². The Morgan fingerprint density at radius 3 is 3.00 bits per heavy atom. The highest BCUT2D eigenvalue weighted by molar-refractivity contribution is 6.01. The number of aryl methyl sites for hydroxylation is 1. The molecule has 0 bridgehead atoms. The van der Waals surface area contributed by atoms with Crippen LogP contribution in [0.3, 0.4) is 0 Å². The molecule has 0 saturated heterocycles. The highest BCUT2D eigenvalue weighted by atomic mass is 16.4. The molecular formula is C9H13N3O. The van der Waals surface area contributed by atoms with Gasteiger partial charge in [-0.3, -0.25) is 4.68 Å². The summed E-state index contributed by atoms with van der Waals surface area (Å²) in [7, 11) is 1.93. The van der Waals surface area contributed by atoms with Crippen molar-refractivity contribution in [1.82, 2.24) is 9.78 Å². The number of oxime groups is 1. The van der Waals surface area contributed by atoms with E-state index in [1.54, 1.807) is 6.20 Å². The zero-order valence-corrected chi connectivity index (χ0v) is 7.69. The Kier molecular flexibility index (Phi) is 2.04. The van der Waals surface area contributed by atoms with Crippen molar-refractivity contribution in [2.24, 2.45) is 12.2 Å². The van der Waals surface area contributed by atoms with Crippen molar-refractivity contribution in [3.05, 3.63) is 17.5 Å². The molecule has 0 fully saturated rings. The normalized spacial score (nSPS) is 19.9. The summed E-state index contributed by atoms with van der Waals surface area (Å²) in [5.74, 6) is 0. The standard InChI is InChI=1S/C9H13N3O/c1-12-9-5-3-2-4-8(11-13)7(9)6-10-12/h6,13H,2-5H2,1H3/b11-8+. The van der Waals surface area contributed by atoms with Crippen LogP contribution in [0.5, 0.6) is 0 Å². The van der Waals surface area contributed by atoms with Crippen LogP contribution in [0.1, 0.15) is 30.5 Å². The van der Waals surface area contributed by atoms with Crippen LogP contribution in [0.4, 0.5) is 0 Å². The van der Waals surface area contributed by atoms with Crippen molar-refractivity contribution in [2.75, 3.05) is 0 Å². The molecule has 0 aromatic carbocycles. The summed E-state index contributed by atoms with van der Waals surface area (Å²) >= 11 is 0. The molecule has 0 unspecified atom stereocenters. The molecular weight excluding hydrogens is 166 g/mol. The summed E-state index contributed by atoms with van der Waals surface area (Å²) in [5.41, 5.74) is 2.98. The minimum atomic E-state index is 0.778. The van der Waals surface area contributed by atoms with Crippen LogP contribution in [0.15, 0.2) is 11.4 Å². The predicted molar refractivity (Wildman–Crippen MR) is 49.1 cm³/mol. The largest absolute Gasteiger partial charge is 0.411 e. The Morgan fingerprint density at radius 2 is 2.23 bits per heavy atom. The maximum absolute atomic E-state index is 8.82. The van der Waals surface area contributed by atoms with Gasteiger partial charge in [0.05, 0.1) is 11.9 Å². The quantitative estimate of drug-likeness (QED) is 0.371. The van der Waals surface area contributed by atoms with E-state index in [2.05, 4.69) is 10.3 Å². The number of nitrogens with zero attached hydrogens (tertiary/aromatic N) is 3. The Labute approximate surface area is 76.9 Å². The van der Waals surface area contributed by atoms with Crippen LogP contribution in [-0.2, 0) is 13.5 Å². The van der Waals surface area contributed by atoms with Crippen LogP contribution in [0.25, 0.3) is 0 Å². The molecule has 1 heterocycles. The SMILES string of the molecule is Cn1ncc2c1CCCC/C2=N\O. The second-order valence-corrected chi connectivity index (χ2v) is 3.38. The molecule has 2 rings (SSSR count). The zero-order chi connectivity index (χ0) is 9.26. The van der Waals surface area contributed by atoms with Crippen LogP contribution in [-0.4, -0.2) is 20.7 Å². The van der Waals surface area contributed by atoms with Crippen molar-refractivity contribution < 1.29 is 5.21 Å². The van der Waals surface area contributed by atoms with Crippen LogP contribution >= 0.6 is 0 Å². The fourth-order valence-corrected chi connectivity index (χ4v) is 1.82. The number of hydrogen-bond donors (Lipinski definition) is 1. The maximum Gasteiger partial charge on any atom is 0.0902 e. The fourth-order valence-electron chi connectivity index (χ4n) is 1.82. The smallest absolute Gasteiger partial charge is 0.0902 e. The number of rotatable bonds is 0. The first-order chi connectivity index (χ1) is 6.33. The average molecular weight is 179 g/mol. The first-order valence-electron chi connectivity index (χ1n) is 4.55. The van der Waals surface area contributed by atoms with E-state index < -0.39 is 0 Å². The first kappa shape index (κ1) is 8.29. The Balaban J connectivity index is 2.49. The summed E-state index contributed by atoms with van der Waals surface area (Å²) in [6.45, 7) is 0. The molecule has 4 heteroatoms. The zero-order valence-electron chi connectivity index (χ0n) is 7.69. The van der Waals surface area contributed by atoms with Gasteiger partial charge in [-0.05, 0) is 25.7 Å². The lowest BCUT2D eigenvalue weighted by Crippen LogP contribution is -2.02. The first-order valence-corrected chi connectivity index (χ1v) is 4.55. The molecule has 0 atom stereocenters. The van der Waals surface area contributed by atoms with E-state index in [4.69, 9.17) is 5.21 Å². The average Bonchev–Trinajstić information content (AvgIpc) is 2.39. The Morgan fingerprint density at radius 1 is 1.46 bits per heavy atom. The van der Waals surface area contributed by atoms with Crippen LogP contribution < -0.4 is 0 Å². The lowest BCUT2D eigenvalue weighted by Gasteiger charge is -2.00. The van der Waals surface area contributed by atoms with E-state index >= 15 is 0 Å². The predicted octanol–water partition coefficient (Wildman–Crippen LogP) is 1.32. The molecule has 1 aromatic heterocycles.